The highest BCUT2D eigenvalue weighted by atomic mass is 16.5. The maximum absolute atomic E-state index is 12.8. The number of hydrogen-bond donors (Lipinski definition) is 0. The smallest absolute Gasteiger partial charge is 0.276 e. The summed E-state index contributed by atoms with van der Waals surface area (Å²) in [6.07, 6.45) is 3.94. The molecular formula is C21H24N6O3. The standard InChI is InChI=1S/C21H24N6O3/c1-15-13-19(23-21(22-15)27-6-2-3-7-27)25-8-10-26(11-9-25)20(28)16-14-18(30-24-16)17-5-4-12-29-17/h4-5,12-14H,2-3,6-11H2,1H3. The first-order valence-corrected chi connectivity index (χ1v) is 10.3. The highest BCUT2D eigenvalue weighted by Crippen LogP contribution is 2.24. The quantitative estimate of drug-likeness (QED) is 0.651. The van der Waals surface area contributed by atoms with Crippen LogP contribution in [-0.4, -0.2) is 65.2 Å². The van der Waals surface area contributed by atoms with Gasteiger partial charge in [-0.1, -0.05) is 5.16 Å². The number of aryl methyl sites for hydroxylation is 1. The first-order chi connectivity index (χ1) is 14.7. The number of piperazine rings is 1. The molecule has 2 fully saturated rings. The Hall–Kier alpha value is -3.36. The number of anilines is 2. The molecule has 0 unspecified atom stereocenters. The number of rotatable bonds is 4. The van der Waals surface area contributed by atoms with Crippen LogP contribution in [0.3, 0.4) is 0 Å². The Morgan fingerprint density at radius 2 is 1.77 bits per heavy atom. The second kappa shape index (κ2) is 7.81. The fourth-order valence-electron chi connectivity index (χ4n) is 3.97. The van der Waals surface area contributed by atoms with Crippen LogP contribution in [0.4, 0.5) is 11.8 Å². The van der Waals surface area contributed by atoms with Crippen LogP contribution in [0.5, 0.6) is 0 Å². The number of hydrogen-bond acceptors (Lipinski definition) is 8. The van der Waals surface area contributed by atoms with Crippen LogP contribution in [0.2, 0.25) is 0 Å². The number of carbonyl (C=O) groups is 1. The normalized spacial score (nSPS) is 17.0. The zero-order valence-corrected chi connectivity index (χ0v) is 17.0. The van der Waals surface area contributed by atoms with Crippen LogP contribution in [-0.2, 0) is 0 Å². The molecule has 1 amide bonds. The van der Waals surface area contributed by atoms with Gasteiger partial charge in [0.2, 0.25) is 11.7 Å². The summed E-state index contributed by atoms with van der Waals surface area (Å²) < 4.78 is 10.6. The summed E-state index contributed by atoms with van der Waals surface area (Å²) in [4.78, 5) is 28.5. The predicted octanol–water partition coefficient (Wildman–Crippen LogP) is 2.60. The molecule has 0 spiro atoms. The Kier molecular flexibility index (Phi) is 4.86. The van der Waals surface area contributed by atoms with Gasteiger partial charge in [0, 0.05) is 57.1 Å². The highest BCUT2D eigenvalue weighted by molar-refractivity contribution is 5.93. The third-order valence-electron chi connectivity index (χ3n) is 5.60. The minimum absolute atomic E-state index is 0.132. The average Bonchev–Trinajstić information content (AvgIpc) is 3.55. The third-order valence-corrected chi connectivity index (χ3v) is 5.60. The number of aromatic nitrogens is 3. The Morgan fingerprint density at radius 3 is 2.50 bits per heavy atom. The lowest BCUT2D eigenvalue weighted by molar-refractivity contribution is 0.0736. The van der Waals surface area contributed by atoms with Gasteiger partial charge in [0.1, 0.15) is 5.82 Å². The van der Waals surface area contributed by atoms with E-state index in [1.165, 1.54) is 12.8 Å². The molecule has 0 atom stereocenters. The second-order valence-corrected chi connectivity index (χ2v) is 7.69. The molecule has 9 heteroatoms. The third kappa shape index (κ3) is 3.62. The van der Waals surface area contributed by atoms with Crippen LogP contribution in [0.15, 0.2) is 39.5 Å². The van der Waals surface area contributed by atoms with E-state index in [2.05, 4.69) is 19.9 Å². The fraction of sp³-hybridized carbons (Fsp3) is 0.429. The predicted molar refractivity (Wildman–Crippen MR) is 111 cm³/mol. The molecule has 9 nitrogen and oxygen atoms in total. The van der Waals surface area contributed by atoms with E-state index in [4.69, 9.17) is 13.9 Å². The zero-order valence-electron chi connectivity index (χ0n) is 17.0. The van der Waals surface area contributed by atoms with Gasteiger partial charge in [0.15, 0.2) is 11.5 Å². The van der Waals surface area contributed by atoms with Crippen molar-refractivity contribution in [3.05, 3.63) is 41.9 Å². The summed E-state index contributed by atoms with van der Waals surface area (Å²) in [5, 5.41) is 3.93. The lowest BCUT2D eigenvalue weighted by atomic mass is 10.2. The van der Waals surface area contributed by atoms with Gasteiger partial charge in [-0.05, 0) is 31.9 Å². The van der Waals surface area contributed by atoms with Crippen LogP contribution in [0, 0.1) is 6.92 Å². The monoisotopic (exact) mass is 408 g/mol. The van der Waals surface area contributed by atoms with Crippen LogP contribution < -0.4 is 9.80 Å². The van der Waals surface area contributed by atoms with Crippen molar-refractivity contribution in [1.29, 1.82) is 0 Å². The molecule has 0 N–H and O–H groups in total. The summed E-state index contributed by atoms with van der Waals surface area (Å²) in [5.74, 6) is 2.62. The van der Waals surface area contributed by atoms with Gasteiger partial charge >= 0.3 is 0 Å². The van der Waals surface area contributed by atoms with E-state index in [0.29, 0.717) is 43.4 Å². The Morgan fingerprint density at radius 1 is 0.967 bits per heavy atom. The van der Waals surface area contributed by atoms with E-state index in [0.717, 1.165) is 30.5 Å². The van der Waals surface area contributed by atoms with E-state index < -0.39 is 0 Å². The van der Waals surface area contributed by atoms with Crippen LogP contribution >= 0.6 is 0 Å². The summed E-state index contributed by atoms with van der Waals surface area (Å²) in [6, 6.07) is 7.18. The van der Waals surface area contributed by atoms with Crippen molar-refractivity contribution in [3.8, 4) is 11.5 Å². The van der Waals surface area contributed by atoms with Crippen molar-refractivity contribution < 1.29 is 13.7 Å². The average molecular weight is 408 g/mol. The topological polar surface area (TPSA) is 91.7 Å². The first kappa shape index (κ1) is 18.7. The molecule has 0 bridgehead atoms. The van der Waals surface area contributed by atoms with Gasteiger partial charge in [0.05, 0.1) is 6.26 Å². The van der Waals surface area contributed by atoms with Gasteiger partial charge in [-0.15, -0.1) is 0 Å². The molecule has 2 saturated heterocycles. The minimum atomic E-state index is -0.132. The molecule has 30 heavy (non-hydrogen) atoms. The minimum Gasteiger partial charge on any atom is -0.461 e. The van der Waals surface area contributed by atoms with Gasteiger partial charge in [-0.25, -0.2) is 4.98 Å². The van der Waals surface area contributed by atoms with Crippen molar-refractivity contribution in [3.63, 3.8) is 0 Å². The van der Waals surface area contributed by atoms with E-state index in [9.17, 15) is 4.79 Å². The lowest BCUT2D eigenvalue weighted by Crippen LogP contribution is -2.49. The first-order valence-electron chi connectivity index (χ1n) is 10.3. The number of nitrogens with zero attached hydrogens (tertiary/aromatic N) is 6. The van der Waals surface area contributed by atoms with Crippen LogP contribution in [0.25, 0.3) is 11.5 Å². The van der Waals surface area contributed by atoms with Crippen molar-refractivity contribution in [2.75, 3.05) is 49.1 Å². The Labute approximate surface area is 174 Å². The van der Waals surface area contributed by atoms with Crippen molar-refractivity contribution in [2.24, 2.45) is 0 Å². The van der Waals surface area contributed by atoms with E-state index in [1.54, 1.807) is 29.4 Å². The molecular weight excluding hydrogens is 384 g/mol. The summed E-state index contributed by atoms with van der Waals surface area (Å²) in [5.41, 5.74) is 1.26. The lowest BCUT2D eigenvalue weighted by Gasteiger charge is -2.35. The van der Waals surface area contributed by atoms with Crippen molar-refractivity contribution >= 4 is 17.7 Å². The molecule has 5 rings (SSSR count). The van der Waals surface area contributed by atoms with Gasteiger partial charge < -0.3 is 23.6 Å². The number of amides is 1. The van der Waals surface area contributed by atoms with Gasteiger partial charge in [-0.3, -0.25) is 4.79 Å². The maximum atomic E-state index is 12.8. The fourth-order valence-corrected chi connectivity index (χ4v) is 3.97. The molecule has 5 heterocycles. The summed E-state index contributed by atoms with van der Waals surface area (Å²) >= 11 is 0. The molecule has 3 aromatic rings. The van der Waals surface area contributed by atoms with Gasteiger partial charge in [-0.2, -0.15) is 4.98 Å². The van der Waals surface area contributed by atoms with E-state index in [1.807, 2.05) is 13.0 Å². The SMILES string of the molecule is Cc1cc(N2CCN(C(=O)c3cc(-c4ccco4)on3)CC2)nc(N2CCCC2)n1. The van der Waals surface area contributed by atoms with Gasteiger partial charge in [0.25, 0.3) is 5.91 Å². The summed E-state index contributed by atoms with van der Waals surface area (Å²) in [7, 11) is 0. The Balaban J connectivity index is 1.25. The zero-order chi connectivity index (χ0) is 20.5. The van der Waals surface area contributed by atoms with Crippen LogP contribution in [0.1, 0.15) is 29.0 Å². The molecule has 0 aromatic carbocycles. The van der Waals surface area contributed by atoms with E-state index in [-0.39, 0.29) is 5.91 Å². The molecule has 2 aliphatic rings. The van der Waals surface area contributed by atoms with E-state index >= 15 is 0 Å². The number of carbonyl (C=O) groups excluding carboxylic acids is 1. The molecule has 3 aromatic heterocycles. The largest absolute Gasteiger partial charge is 0.461 e. The molecule has 2 aliphatic heterocycles. The summed E-state index contributed by atoms with van der Waals surface area (Å²) in [6.45, 7) is 6.67. The highest BCUT2D eigenvalue weighted by Gasteiger charge is 2.26. The number of furan rings is 1. The second-order valence-electron chi connectivity index (χ2n) is 7.69. The Bertz CT molecular complexity index is 1020. The molecule has 0 saturated carbocycles. The van der Waals surface area contributed by atoms with Crippen molar-refractivity contribution in [1.82, 2.24) is 20.0 Å². The van der Waals surface area contributed by atoms with Crippen molar-refractivity contribution in [2.45, 2.75) is 19.8 Å². The maximum Gasteiger partial charge on any atom is 0.276 e. The molecule has 0 aliphatic carbocycles. The molecule has 156 valence electrons. The molecule has 0 radical (unpaired) electrons.